The second-order valence-corrected chi connectivity index (χ2v) is 7.70. The number of methoxy groups -OCH3 is 1. The van der Waals surface area contributed by atoms with Gasteiger partial charge in [0, 0.05) is 45.3 Å². The molecule has 2 aliphatic rings. The van der Waals surface area contributed by atoms with Crippen molar-refractivity contribution in [2.45, 2.75) is 38.1 Å². The number of piperidine rings is 1. The van der Waals surface area contributed by atoms with E-state index in [1.54, 1.807) is 7.11 Å². The molecule has 2 saturated heterocycles. The summed E-state index contributed by atoms with van der Waals surface area (Å²) in [7, 11) is 3.86. The highest BCUT2D eigenvalue weighted by molar-refractivity contribution is 5.79. The Morgan fingerprint density at radius 3 is 2.50 bits per heavy atom. The zero-order valence-corrected chi connectivity index (χ0v) is 16.3. The fourth-order valence-corrected chi connectivity index (χ4v) is 4.05. The Balaban J connectivity index is 1.52. The maximum Gasteiger partial charge on any atom is 0.227 e. The quantitative estimate of drug-likeness (QED) is 0.781. The number of carbonyl (C=O) groups excluding carboxylic acids is 1. The Bertz CT molecular complexity index is 567. The van der Waals surface area contributed by atoms with Crippen molar-refractivity contribution in [3.8, 4) is 5.75 Å². The molecule has 26 heavy (non-hydrogen) atoms. The Kier molecular flexibility index (Phi) is 6.92. The lowest BCUT2D eigenvalue weighted by atomic mass is 9.97. The number of piperazine rings is 1. The molecule has 0 spiro atoms. The molecule has 1 aromatic carbocycles. The number of rotatable bonds is 6. The minimum Gasteiger partial charge on any atom is -0.497 e. The van der Waals surface area contributed by atoms with Gasteiger partial charge in [0.2, 0.25) is 5.91 Å². The predicted molar refractivity (Wildman–Crippen MR) is 105 cm³/mol. The first-order valence-electron chi connectivity index (χ1n) is 9.99. The first-order valence-corrected chi connectivity index (χ1v) is 9.99. The van der Waals surface area contributed by atoms with Crippen LogP contribution in [0.2, 0.25) is 0 Å². The molecular formula is C21H33N3O2. The molecule has 1 aromatic rings. The fraction of sp³-hybridized carbons (Fsp3) is 0.667. The van der Waals surface area contributed by atoms with E-state index in [0.29, 0.717) is 12.5 Å². The zero-order valence-electron chi connectivity index (χ0n) is 16.3. The molecule has 3 rings (SSSR count). The lowest BCUT2D eigenvalue weighted by molar-refractivity contribution is -0.134. The van der Waals surface area contributed by atoms with Crippen LogP contribution in [0.3, 0.4) is 0 Å². The van der Waals surface area contributed by atoms with Gasteiger partial charge >= 0.3 is 0 Å². The van der Waals surface area contributed by atoms with Crippen molar-refractivity contribution >= 4 is 5.91 Å². The fourth-order valence-electron chi connectivity index (χ4n) is 4.05. The second-order valence-electron chi connectivity index (χ2n) is 7.70. The van der Waals surface area contributed by atoms with E-state index in [9.17, 15) is 4.79 Å². The van der Waals surface area contributed by atoms with Gasteiger partial charge in [-0.05, 0) is 50.4 Å². The summed E-state index contributed by atoms with van der Waals surface area (Å²) in [5, 5.41) is 0. The molecule has 0 aliphatic carbocycles. The summed E-state index contributed by atoms with van der Waals surface area (Å²) in [6, 6.07) is 8.28. The Morgan fingerprint density at radius 1 is 1.08 bits per heavy atom. The first kappa shape index (κ1) is 19.2. The summed E-state index contributed by atoms with van der Waals surface area (Å²) in [4.78, 5) is 20.0. The molecule has 0 bridgehead atoms. The monoisotopic (exact) mass is 359 g/mol. The van der Waals surface area contributed by atoms with Crippen LogP contribution in [0, 0.1) is 0 Å². The molecule has 2 aliphatic heterocycles. The molecule has 5 heteroatoms. The number of likely N-dealkylation sites (N-methyl/N-ethyl adjacent to an activating group) is 1. The third-order valence-corrected chi connectivity index (χ3v) is 5.84. The lowest BCUT2D eigenvalue weighted by Gasteiger charge is -2.38. The molecule has 0 radical (unpaired) electrons. The van der Waals surface area contributed by atoms with Gasteiger partial charge in [0.15, 0.2) is 0 Å². The molecule has 0 saturated carbocycles. The van der Waals surface area contributed by atoms with Gasteiger partial charge in [0.25, 0.3) is 0 Å². The first-order chi connectivity index (χ1) is 12.7. The second kappa shape index (κ2) is 9.38. The largest absolute Gasteiger partial charge is 0.497 e. The minimum atomic E-state index is 0.276. The van der Waals surface area contributed by atoms with Crippen molar-refractivity contribution in [1.29, 1.82) is 0 Å². The van der Waals surface area contributed by atoms with Crippen LogP contribution in [0.4, 0.5) is 0 Å². The van der Waals surface area contributed by atoms with Gasteiger partial charge in [-0.2, -0.15) is 0 Å². The van der Waals surface area contributed by atoms with Gasteiger partial charge in [-0.1, -0.05) is 12.1 Å². The van der Waals surface area contributed by atoms with Crippen LogP contribution in [-0.2, 0) is 11.2 Å². The molecule has 144 valence electrons. The van der Waals surface area contributed by atoms with Crippen LogP contribution in [0.15, 0.2) is 24.3 Å². The van der Waals surface area contributed by atoms with Crippen molar-refractivity contribution in [2.75, 3.05) is 53.4 Å². The van der Waals surface area contributed by atoms with E-state index in [0.717, 1.165) is 69.8 Å². The topological polar surface area (TPSA) is 36.0 Å². The van der Waals surface area contributed by atoms with E-state index in [2.05, 4.69) is 21.7 Å². The predicted octanol–water partition coefficient (Wildman–Crippen LogP) is 2.26. The molecular weight excluding hydrogens is 326 g/mol. The van der Waals surface area contributed by atoms with E-state index in [1.165, 1.54) is 6.42 Å². The average Bonchev–Trinajstić information content (AvgIpc) is 2.68. The molecule has 0 N–H and O–H groups in total. The summed E-state index contributed by atoms with van der Waals surface area (Å²) in [6.07, 6.45) is 5.15. The van der Waals surface area contributed by atoms with Crippen molar-refractivity contribution in [2.24, 2.45) is 0 Å². The van der Waals surface area contributed by atoms with Gasteiger partial charge in [0.05, 0.1) is 13.5 Å². The summed E-state index contributed by atoms with van der Waals surface area (Å²) in [6.45, 7) is 6.66. The van der Waals surface area contributed by atoms with Crippen molar-refractivity contribution in [3.05, 3.63) is 29.8 Å². The number of likely N-dealkylation sites (tertiary alicyclic amines) is 1. The maximum atomic E-state index is 12.9. The number of ether oxygens (including phenoxy) is 1. The standard InChI is InChI=1S/C21H33N3O2/c1-22-13-15-23(16-14-22)12-10-19-5-3-4-11-24(19)21(25)17-18-6-8-20(26-2)9-7-18/h6-9,19H,3-5,10-17H2,1-2H3/t19-/m0/s1. The molecule has 2 fully saturated rings. The van der Waals surface area contributed by atoms with E-state index >= 15 is 0 Å². The maximum absolute atomic E-state index is 12.9. The Morgan fingerprint density at radius 2 is 1.81 bits per heavy atom. The van der Waals surface area contributed by atoms with Gasteiger partial charge in [-0.25, -0.2) is 0 Å². The van der Waals surface area contributed by atoms with Crippen molar-refractivity contribution in [1.82, 2.24) is 14.7 Å². The highest BCUT2D eigenvalue weighted by Gasteiger charge is 2.27. The number of amides is 1. The van der Waals surface area contributed by atoms with Gasteiger partial charge < -0.3 is 19.4 Å². The van der Waals surface area contributed by atoms with Gasteiger partial charge in [-0.15, -0.1) is 0 Å². The average molecular weight is 360 g/mol. The van der Waals surface area contributed by atoms with Crippen molar-refractivity contribution < 1.29 is 9.53 Å². The van der Waals surface area contributed by atoms with E-state index < -0.39 is 0 Å². The molecule has 1 amide bonds. The smallest absolute Gasteiger partial charge is 0.227 e. The van der Waals surface area contributed by atoms with Crippen LogP contribution in [0.1, 0.15) is 31.2 Å². The summed E-state index contributed by atoms with van der Waals surface area (Å²) in [5.41, 5.74) is 1.07. The SMILES string of the molecule is COc1ccc(CC(=O)N2CCCC[C@H]2CCN2CCN(C)CC2)cc1. The third kappa shape index (κ3) is 5.21. The zero-order chi connectivity index (χ0) is 18.4. The summed E-state index contributed by atoms with van der Waals surface area (Å²) >= 11 is 0. The normalized spacial score (nSPS) is 22.4. The van der Waals surface area contributed by atoms with Gasteiger partial charge in [-0.3, -0.25) is 4.79 Å². The highest BCUT2D eigenvalue weighted by atomic mass is 16.5. The van der Waals surface area contributed by atoms with E-state index in [4.69, 9.17) is 4.74 Å². The van der Waals surface area contributed by atoms with E-state index in [1.807, 2.05) is 24.3 Å². The third-order valence-electron chi connectivity index (χ3n) is 5.84. The number of carbonyl (C=O) groups is 1. The molecule has 2 heterocycles. The lowest BCUT2D eigenvalue weighted by Crippen LogP contribution is -2.48. The number of hydrogen-bond acceptors (Lipinski definition) is 4. The molecule has 1 atom stereocenters. The summed E-state index contributed by atoms with van der Waals surface area (Å²) < 4.78 is 5.20. The Hall–Kier alpha value is -1.59. The number of benzene rings is 1. The van der Waals surface area contributed by atoms with Crippen LogP contribution in [0.25, 0.3) is 0 Å². The minimum absolute atomic E-state index is 0.276. The summed E-state index contributed by atoms with van der Waals surface area (Å²) in [5.74, 6) is 1.11. The van der Waals surface area contributed by atoms with Crippen molar-refractivity contribution in [3.63, 3.8) is 0 Å². The molecule has 5 nitrogen and oxygen atoms in total. The van der Waals surface area contributed by atoms with E-state index in [-0.39, 0.29) is 5.91 Å². The molecule has 0 aromatic heterocycles. The highest BCUT2D eigenvalue weighted by Crippen LogP contribution is 2.22. The number of nitrogens with zero attached hydrogens (tertiary/aromatic N) is 3. The van der Waals surface area contributed by atoms with Crippen LogP contribution < -0.4 is 4.74 Å². The number of hydrogen-bond donors (Lipinski definition) is 0. The Labute approximate surface area is 157 Å². The van der Waals surface area contributed by atoms with Gasteiger partial charge in [0.1, 0.15) is 5.75 Å². The molecule has 0 unspecified atom stereocenters. The van der Waals surface area contributed by atoms with Crippen LogP contribution in [-0.4, -0.2) is 80.1 Å². The van der Waals surface area contributed by atoms with Crippen LogP contribution in [0.5, 0.6) is 5.75 Å². The van der Waals surface area contributed by atoms with Crippen LogP contribution >= 0.6 is 0 Å².